The van der Waals surface area contributed by atoms with Crippen LogP contribution < -0.4 is 0 Å². The van der Waals surface area contributed by atoms with Gasteiger partial charge in [0.1, 0.15) is 0 Å². The summed E-state index contributed by atoms with van der Waals surface area (Å²) in [4.78, 5) is 13.0. The molecule has 0 saturated carbocycles. The Morgan fingerprint density at radius 1 is 0.806 bits per heavy atom. The van der Waals surface area contributed by atoms with E-state index in [0.717, 1.165) is 18.1 Å². The van der Waals surface area contributed by atoms with Crippen LogP contribution >= 0.6 is 11.6 Å². The first-order chi connectivity index (χ1) is 16.9. The molecule has 0 spiro atoms. The highest BCUT2D eigenvalue weighted by Crippen LogP contribution is 2.33. The minimum atomic E-state index is -3.42. The van der Waals surface area contributed by atoms with Crippen LogP contribution in [0.25, 0.3) is 22.4 Å². The molecule has 186 valence electrons. The van der Waals surface area contributed by atoms with Gasteiger partial charge < -0.3 is 5.11 Å². The fourth-order valence-corrected chi connectivity index (χ4v) is 4.93. The molecule has 1 N–H and O–H groups in total. The third-order valence-electron chi connectivity index (χ3n) is 5.47. The van der Waals surface area contributed by atoms with Crippen LogP contribution in [0.5, 0.6) is 0 Å². The van der Waals surface area contributed by atoms with Crippen LogP contribution in [0.15, 0.2) is 83.1 Å². The number of sulfone groups is 2. The highest BCUT2D eigenvalue weighted by atomic mass is 35.5. The molecule has 0 aliphatic heterocycles. The summed E-state index contributed by atoms with van der Waals surface area (Å²) in [5.74, 6) is 0. The lowest BCUT2D eigenvalue weighted by Crippen LogP contribution is -2.06. The second-order valence-electron chi connectivity index (χ2n) is 8.31. The van der Waals surface area contributed by atoms with Crippen molar-refractivity contribution in [1.82, 2.24) is 15.0 Å². The molecule has 4 aromatic rings. The van der Waals surface area contributed by atoms with Gasteiger partial charge in [-0.15, -0.1) is 0 Å². The summed E-state index contributed by atoms with van der Waals surface area (Å²) in [6.45, 7) is 0. The standard InChI is InChI=1S/C25H22ClN3O5S2/c1-35(31,32)21-8-4-16(5-9-21)22-11-19(26)15-29-25(22)18-3-7-20(27-14-18)12-23(30)17-6-10-24(28-13-17)36(2,33)34/h3-11,13-15,23,30H,12H2,1-2H3. The average Bonchev–Trinajstić information content (AvgIpc) is 2.84. The summed E-state index contributed by atoms with van der Waals surface area (Å²) < 4.78 is 46.7. The van der Waals surface area contributed by atoms with Crippen LogP contribution in [0.4, 0.5) is 0 Å². The third kappa shape index (κ3) is 5.96. The first-order valence-corrected chi connectivity index (χ1v) is 14.8. The molecule has 1 aromatic carbocycles. The van der Waals surface area contributed by atoms with Crippen LogP contribution in [0.3, 0.4) is 0 Å². The van der Waals surface area contributed by atoms with Crippen molar-refractivity contribution in [3.8, 4) is 22.4 Å². The van der Waals surface area contributed by atoms with Gasteiger partial charge in [0, 0.05) is 54.3 Å². The third-order valence-corrected chi connectivity index (χ3v) is 7.81. The Balaban J connectivity index is 1.58. The Morgan fingerprint density at radius 3 is 2.06 bits per heavy atom. The second-order valence-corrected chi connectivity index (χ2v) is 12.7. The SMILES string of the molecule is CS(=O)(=O)c1ccc(-c2cc(Cl)cnc2-c2ccc(CC(O)c3ccc(S(C)(=O)=O)nc3)nc2)cc1. The van der Waals surface area contributed by atoms with E-state index in [1.165, 1.54) is 36.7 Å². The first kappa shape index (κ1) is 25.9. The molecule has 0 bridgehead atoms. The lowest BCUT2D eigenvalue weighted by atomic mass is 10.00. The number of rotatable bonds is 7. The van der Waals surface area contributed by atoms with Gasteiger partial charge in [0.25, 0.3) is 0 Å². The maximum Gasteiger partial charge on any atom is 0.192 e. The molecule has 3 heterocycles. The molecule has 8 nitrogen and oxygen atoms in total. The number of hydrogen-bond acceptors (Lipinski definition) is 8. The minimum Gasteiger partial charge on any atom is -0.388 e. The zero-order valence-corrected chi connectivity index (χ0v) is 21.7. The lowest BCUT2D eigenvalue weighted by molar-refractivity contribution is 0.176. The quantitative estimate of drug-likeness (QED) is 0.371. The Bertz CT molecular complexity index is 1610. The smallest absolute Gasteiger partial charge is 0.192 e. The van der Waals surface area contributed by atoms with Gasteiger partial charge in [-0.2, -0.15) is 0 Å². The fourth-order valence-electron chi connectivity index (χ4n) is 3.58. The van der Waals surface area contributed by atoms with E-state index in [2.05, 4.69) is 15.0 Å². The van der Waals surface area contributed by atoms with Crippen molar-refractivity contribution in [2.45, 2.75) is 22.4 Å². The molecule has 11 heteroatoms. The van der Waals surface area contributed by atoms with E-state index in [-0.39, 0.29) is 16.3 Å². The lowest BCUT2D eigenvalue weighted by Gasteiger charge is -2.13. The molecule has 1 unspecified atom stereocenters. The van der Waals surface area contributed by atoms with E-state index in [0.29, 0.717) is 33.1 Å². The maximum atomic E-state index is 11.8. The van der Waals surface area contributed by atoms with Crippen LogP contribution in [0.2, 0.25) is 5.02 Å². The van der Waals surface area contributed by atoms with Gasteiger partial charge in [0.05, 0.1) is 21.7 Å². The van der Waals surface area contributed by atoms with E-state index < -0.39 is 25.8 Å². The van der Waals surface area contributed by atoms with E-state index >= 15 is 0 Å². The highest BCUT2D eigenvalue weighted by Gasteiger charge is 2.15. The van der Waals surface area contributed by atoms with Crippen molar-refractivity contribution in [2.24, 2.45) is 0 Å². The first-order valence-electron chi connectivity index (χ1n) is 10.7. The van der Waals surface area contributed by atoms with Gasteiger partial charge in [-0.25, -0.2) is 21.8 Å². The number of hydrogen-bond donors (Lipinski definition) is 1. The van der Waals surface area contributed by atoms with Crippen molar-refractivity contribution in [3.05, 3.63) is 89.5 Å². The molecule has 4 rings (SSSR count). The number of aromatic nitrogens is 3. The molecule has 0 fully saturated rings. The Hall–Kier alpha value is -3.18. The van der Waals surface area contributed by atoms with Gasteiger partial charge >= 0.3 is 0 Å². The molecular formula is C25H22ClN3O5S2. The van der Waals surface area contributed by atoms with E-state index in [9.17, 15) is 21.9 Å². The molecule has 3 aromatic heterocycles. The number of benzene rings is 1. The fraction of sp³-hybridized carbons (Fsp3) is 0.160. The summed E-state index contributed by atoms with van der Waals surface area (Å²) in [5, 5.41) is 10.9. The number of aliphatic hydroxyl groups excluding tert-OH is 1. The van der Waals surface area contributed by atoms with E-state index in [1.807, 2.05) is 6.07 Å². The summed E-state index contributed by atoms with van der Waals surface area (Å²) in [6, 6.07) is 14.7. The normalized spacial score (nSPS) is 12.9. The monoisotopic (exact) mass is 543 g/mol. The highest BCUT2D eigenvalue weighted by molar-refractivity contribution is 7.91. The molecule has 0 saturated heterocycles. The topological polar surface area (TPSA) is 127 Å². The minimum absolute atomic E-state index is 0.0573. The number of nitrogens with zero attached hydrogens (tertiary/aromatic N) is 3. The van der Waals surface area contributed by atoms with Gasteiger partial charge in [-0.1, -0.05) is 29.8 Å². The molecule has 0 amide bonds. The van der Waals surface area contributed by atoms with Gasteiger partial charge in [0.15, 0.2) is 24.7 Å². The maximum absolute atomic E-state index is 11.8. The van der Waals surface area contributed by atoms with Gasteiger partial charge in [-0.05, 0) is 47.5 Å². The predicted molar refractivity (Wildman–Crippen MR) is 137 cm³/mol. The Kier molecular flexibility index (Phi) is 7.24. The van der Waals surface area contributed by atoms with Crippen LogP contribution in [-0.2, 0) is 26.1 Å². The zero-order valence-electron chi connectivity index (χ0n) is 19.3. The molecule has 1 atom stereocenters. The molecule has 36 heavy (non-hydrogen) atoms. The number of pyridine rings is 3. The molecular weight excluding hydrogens is 522 g/mol. The van der Waals surface area contributed by atoms with Crippen molar-refractivity contribution in [1.29, 1.82) is 0 Å². The van der Waals surface area contributed by atoms with Crippen molar-refractivity contribution in [3.63, 3.8) is 0 Å². The van der Waals surface area contributed by atoms with Crippen molar-refractivity contribution in [2.75, 3.05) is 12.5 Å². The van der Waals surface area contributed by atoms with Crippen LogP contribution in [0.1, 0.15) is 17.4 Å². The van der Waals surface area contributed by atoms with E-state index in [4.69, 9.17) is 11.6 Å². The second kappa shape index (κ2) is 10.1. The van der Waals surface area contributed by atoms with Crippen molar-refractivity contribution < 1.29 is 21.9 Å². The zero-order chi connectivity index (χ0) is 26.1. The van der Waals surface area contributed by atoms with Crippen LogP contribution in [-0.4, -0.2) is 49.4 Å². The molecule has 0 aliphatic rings. The van der Waals surface area contributed by atoms with Crippen LogP contribution in [0, 0.1) is 0 Å². The molecule has 0 radical (unpaired) electrons. The summed E-state index contributed by atoms with van der Waals surface area (Å²) in [6.07, 6.45) is 6.01. The summed E-state index contributed by atoms with van der Waals surface area (Å²) in [5.41, 5.74) is 3.89. The molecule has 0 aliphatic carbocycles. The van der Waals surface area contributed by atoms with E-state index in [1.54, 1.807) is 30.5 Å². The number of aliphatic hydroxyl groups is 1. The summed E-state index contributed by atoms with van der Waals surface area (Å²) >= 11 is 6.19. The van der Waals surface area contributed by atoms with Crippen molar-refractivity contribution >= 4 is 31.3 Å². The Morgan fingerprint density at radius 2 is 1.50 bits per heavy atom. The largest absolute Gasteiger partial charge is 0.388 e. The predicted octanol–water partition coefficient (Wildman–Crippen LogP) is 3.94. The van der Waals surface area contributed by atoms with Gasteiger partial charge in [-0.3, -0.25) is 9.97 Å². The summed E-state index contributed by atoms with van der Waals surface area (Å²) in [7, 11) is -6.74. The average molecular weight is 544 g/mol. The Labute approximate surface area is 214 Å². The van der Waals surface area contributed by atoms with Gasteiger partial charge in [0.2, 0.25) is 0 Å². The number of halogens is 1.